The highest BCUT2D eigenvalue weighted by Gasteiger charge is 2.30. The number of esters is 4. The topological polar surface area (TPSA) is 237 Å². The molecule has 0 aliphatic heterocycles. The lowest BCUT2D eigenvalue weighted by Gasteiger charge is -2.21. The predicted octanol–water partition coefficient (Wildman–Crippen LogP) is 24.3. The van der Waals surface area contributed by atoms with Crippen LogP contribution in [-0.2, 0) is 65.4 Å². The Balaban J connectivity index is 5.27. The van der Waals surface area contributed by atoms with E-state index in [1.54, 1.807) is 0 Å². The van der Waals surface area contributed by atoms with E-state index in [9.17, 15) is 43.2 Å². The van der Waals surface area contributed by atoms with Crippen LogP contribution in [0.25, 0.3) is 0 Å². The maximum Gasteiger partial charge on any atom is 0.472 e. The summed E-state index contributed by atoms with van der Waals surface area (Å²) in [6.45, 7) is 5.01. The van der Waals surface area contributed by atoms with E-state index >= 15 is 0 Å². The summed E-state index contributed by atoms with van der Waals surface area (Å²) in [6.07, 6.45) is 68.9. The summed E-state index contributed by atoms with van der Waals surface area (Å²) in [4.78, 5) is 73.1. The van der Waals surface area contributed by atoms with Crippen molar-refractivity contribution in [3.63, 3.8) is 0 Å². The third kappa shape index (κ3) is 74.1. The fraction of sp³-hybridized carbons (Fsp3) is 0.926. The second kappa shape index (κ2) is 75.0. The van der Waals surface area contributed by atoms with Crippen molar-refractivity contribution < 1.29 is 80.2 Å². The van der Waals surface area contributed by atoms with Crippen molar-refractivity contribution >= 4 is 39.5 Å². The van der Waals surface area contributed by atoms with Crippen LogP contribution in [0.5, 0.6) is 0 Å². The molecule has 2 unspecified atom stereocenters. The average molecular weight is 1460 g/mol. The van der Waals surface area contributed by atoms with Gasteiger partial charge < -0.3 is 33.8 Å². The zero-order valence-electron chi connectivity index (χ0n) is 64.9. The predicted molar refractivity (Wildman–Crippen MR) is 409 cm³/mol. The number of phosphoric acid groups is 2. The molecule has 100 heavy (non-hydrogen) atoms. The maximum atomic E-state index is 13.1. The highest BCUT2D eigenvalue weighted by molar-refractivity contribution is 7.47. The van der Waals surface area contributed by atoms with Crippen LogP contribution in [0.3, 0.4) is 0 Å². The zero-order chi connectivity index (χ0) is 73.2. The van der Waals surface area contributed by atoms with Crippen molar-refractivity contribution in [2.75, 3.05) is 39.6 Å². The number of unbranched alkanes of at least 4 members (excludes halogenated alkanes) is 53. The number of carbonyl (C=O) groups is 4. The fourth-order valence-electron chi connectivity index (χ4n) is 12.3. The number of hydrogen-bond donors (Lipinski definition) is 3. The van der Waals surface area contributed by atoms with Gasteiger partial charge in [0.15, 0.2) is 12.2 Å². The van der Waals surface area contributed by atoms with E-state index in [0.29, 0.717) is 25.7 Å². The number of ether oxygens (including phenoxy) is 4. The Morgan fingerprint density at radius 3 is 0.690 bits per heavy atom. The number of carbonyl (C=O) groups excluding carboxylic acids is 4. The molecule has 19 heteroatoms. The van der Waals surface area contributed by atoms with Crippen LogP contribution in [0.4, 0.5) is 0 Å². The molecule has 0 fully saturated rings. The molecule has 0 saturated heterocycles. The van der Waals surface area contributed by atoms with Crippen molar-refractivity contribution in [3.05, 3.63) is 12.2 Å². The van der Waals surface area contributed by atoms with Gasteiger partial charge in [-0.3, -0.25) is 37.3 Å². The molecule has 0 heterocycles. The van der Waals surface area contributed by atoms with E-state index < -0.39 is 97.5 Å². The number of aliphatic hydroxyl groups excluding tert-OH is 1. The van der Waals surface area contributed by atoms with E-state index in [0.717, 1.165) is 103 Å². The molecule has 3 N–H and O–H groups in total. The standard InChI is InChI=1S/C81H156O17P2/c1-5-9-13-17-21-25-29-33-36-37-40-43-46-50-54-58-62-66-79(84)92-72-77(98-81(86)68-64-60-56-52-48-44-39-35-31-27-23-19-15-11-7-3)74-96-100(89,90)94-70-75(82)69-93-99(87,88)95-73-76(97-80(85)67-63-59-55-51-47-41-32-28-24-20-16-12-8-4)71-91-78(83)65-61-57-53-49-45-42-38-34-30-26-22-18-14-10-6-2/h35,39,75-77,82H,5-34,36-38,40-74H2,1-4H3,(H,87,88)(H,89,90)/b39-35-/t75-,76-,77-/m1/s1. The third-order valence-electron chi connectivity index (χ3n) is 18.8. The van der Waals surface area contributed by atoms with Gasteiger partial charge in [0, 0.05) is 25.7 Å². The summed E-state index contributed by atoms with van der Waals surface area (Å²) in [6, 6.07) is 0. The Hall–Kier alpha value is -2.20. The van der Waals surface area contributed by atoms with Crippen molar-refractivity contribution in [1.82, 2.24) is 0 Å². The molecule has 0 aliphatic carbocycles. The van der Waals surface area contributed by atoms with Crippen molar-refractivity contribution in [2.45, 2.75) is 444 Å². The van der Waals surface area contributed by atoms with Crippen LogP contribution in [0.2, 0.25) is 0 Å². The largest absolute Gasteiger partial charge is 0.472 e. The Bertz CT molecular complexity index is 1940. The molecule has 0 amide bonds. The van der Waals surface area contributed by atoms with Gasteiger partial charge in [-0.15, -0.1) is 0 Å². The Labute approximate surface area is 612 Å². The lowest BCUT2D eigenvalue weighted by Crippen LogP contribution is -2.30. The molecule has 17 nitrogen and oxygen atoms in total. The van der Waals surface area contributed by atoms with E-state index in [1.807, 2.05) is 0 Å². The van der Waals surface area contributed by atoms with Crippen molar-refractivity contribution in [2.24, 2.45) is 0 Å². The first kappa shape index (κ1) is 97.8. The van der Waals surface area contributed by atoms with Crippen LogP contribution in [-0.4, -0.2) is 96.7 Å². The maximum absolute atomic E-state index is 13.1. The monoisotopic (exact) mass is 1460 g/mol. The molecule has 0 rings (SSSR count). The Morgan fingerprint density at radius 1 is 0.270 bits per heavy atom. The zero-order valence-corrected chi connectivity index (χ0v) is 66.7. The van der Waals surface area contributed by atoms with E-state index in [4.69, 9.17) is 37.0 Å². The van der Waals surface area contributed by atoms with E-state index in [-0.39, 0.29) is 25.7 Å². The highest BCUT2D eigenvalue weighted by atomic mass is 31.2. The first-order valence-corrected chi connectivity index (χ1v) is 44.9. The molecule has 0 aliphatic rings. The van der Waals surface area contributed by atoms with Gasteiger partial charge >= 0.3 is 39.5 Å². The summed E-state index contributed by atoms with van der Waals surface area (Å²) in [7, 11) is -9.93. The first-order chi connectivity index (χ1) is 48.7. The van der Waals surface area contributed by atoms with Gasteiger partial charge in [-0.2, -0.15) is 0 Å². The molecule has 0 spiro atoms. The second-order valence-corrected chi connectivity index (χ2v) is 31.7. The molecule has 5 atom stereocenters. The minimum absolute atomic E-state index is 0.0954. The normalized spacial score (nSPS) is 13.9. The number of allylic oxidation sites excluding steroid dienone is 2. The van der Waals surface area contributed by atoms with E-state index in [1.165, 1.54) is 244 Å². The first-order valence-electron chi connectivity index (χ1n) is 41.9. The smallest absolute Gasteiger partial charge is 0.462 e. The van der Waals surface area contributed by atoms with Gasteiger partial charge in [0.05, 0.1) is 26.4 Å². The Kier molecular flexibility index (Phi) is 73.4. The number of rotatable bonds is 81. The lowest BCUT2D eigenvalue weighted by molar-refractivity contribution is -0.161. The SMILES string of the molecule is CCCCCCCC/C=C\CCCCCCCC(=O)O[C@H](COC(=O)CCCCCCCCCCCCCCCCCCC)COP(=O)(O)OC[C@H](O)COP(=O)(O)OC[C@@H](COC(=O)CCCCCCCCCCCCCCCCC)OC(=O)CCCCCCCCCCCCCCC. The minimum Gasteiger partial charge on any atom is -0.462 e. The molecular weight excluding hydrogens is 1310 g/mol. The number of hydrogen-bond acceptors (Lipinski definition) is 15. The second-order valence-electron chi connectivity index (χ2n) is 28.8. The lowest BCUT2D eigenvalue weighted by atomic mass is 10.0. The summed E-state index contributed by atoms with van der Waals surface area (Å²) < 4.78 is 68.7. The molecule has 0 aromatic rings. The van der Waals surface area contributed by atoms with Crippen LogP contribution in [0.1, 0.15) is 426 Å². The van der Waals surface area contributed by atoms with Gasteiger partial charge in [0.2, 0.25) is 0 Å². The summed E-state index contributed by atoms with van der Waals surface area (Å²) in [5.41, 5.74) is 0. The fourth-order valence-corrected chi connectivity index (χ4v) is 13.9. The number of phosphoric ester groups is 2. The van der Waals surface area contributed by atoms with Gasteiger partial charge in [-0.1, -0.05) is 361 Å². The van der Waals surface area contributed by atoms with E-state index in [2.05, 4.69) is 39.8 Å². The van der Waals surface area contributed by atoms with Crippen LogP contribution >= 0.6 is 15.6 Å². The summed E-state index contributed by atoms with van der Waals surface area (Å²) >= 11 is 0. The molecule has 592 valence electrons. The molecule has 0 aromatic carbocycles. The molecule has 0 radical (unpaired) electrons. The molecular formula is C81H156O17P2. The number of aliphatic hydroxyl groups is 1. The summed E-state index contributed by atoms with van der Waals surface area (Å²) in [5, 5.41) is 10.6. The summed E-state index contributed by atoms with van der Waals surface area (Å²) in [5.74, 6) is -2.12. The van der Waals surface area contributed by atoms with Crippen LogP contribution < -0.4 is 0 Å². The quantitative estimate of drug-likeness (QED) is 0.0169. The molecule has 0 saturated carbocycles. The average Bonchev–Trinajstić information content (AvgIpc) is 0.932. The highest BCUT2D eigenvalue weighted by Crippen LogP contribution is 2.45. The van der Waals surface area contributed by atoms with Crippen molar-refractivity contribution in [3.8, 4) is 0 Å². The van der Waals surface area contributed by atoms with Gasteiger partial charge in [0.1, 0.15) is 19.3 Å². The molecule has 0 bridgehead atoms. The Morgan fingerprint density at radius 2 is 0.460 bits per heavy atom. The third-order valence-corrected chi connectivity index (χ3v) is 20.7. The molecule has 0 aromatic heterocycles. The van der Waals surface area contributed by atoms with Crippen molar-refractivity contribution in [1.29, 1.82) is 0 Å². The van der Waals surface area contributed by atoms with Gasteiger partial charge in [-0.25, -0.2) is 9.13 Å². The van der Waals surface area contributed by atoms with Crippen LogP contribution in [0.15, 0.2) is 12.2 Å². The minimum atomic E-state index is -4.96. The van der Waals surface area contributed by atoms with Gasteiger partial charge in [0.25, 0.3) is 0 Å². The van der Waals surface area contributed by atoms with Crippen LogP contribution in [0, 0.1) is 0 Å². The van der Waals surface area contributed by atoms with Gasteiger partial charge in [-0.05, 0) is 51.4 Å².